The second kappa shape index (κ2) is 6.15. The van der Waals surface area contributed by atoms with Crippen LogP contribution in [0.2, 0.25) is 0 Å². The van der Waals surface area contributed by atoms with Crippen molar-refractivity contribution in [1.29, 1.82) is 0 Å². The fourth-order valence-electron chi connectivity index (χ4n) is 0.799. The van der Waals surface area contributed by atoms with Gasteiger partial charge in [-0.15, -0.1) is 12.6 Å². The molecule has 10 heavy (non-hydrogen) atoms. The third kappa shape index (κ3) is 3.55. The SMILES string of the molecule is [CH2-]CNC1C=CC=C[CH-]1.[Y]. The third-order valence-corrected chi connectivity index (χ3v) is 1.24. The van der Waals surface area contributed by atoms with Gasteiger partial charge in [0.1, 0.15) is 0 Å². The Labute approximate surface area is 87.8 Å². The molecule has 1 rings (SSSR count). The monoisotopic (exact) mass is 210 g/mol. The van der Waals surface area contributed by atoms with E-state index in [0.29, 0.717) is 6.04 Å². The van der Waals surface area contributed by atoms with Crippen molar-refractivity contribution in [3.8, 4) is 0 Å². The average molecular weight is 210 g/mol. The van der Waals surface area contributed by atoms with Crippen LogP contribution in [0.5, 0.6) is 0 Å². The summed E-state index contributed by atoms with van der Waals surface area (Å²) in [6.45, 7) is 4.47. The number of nitrogens with one attached hydrogen (secondary N) is 1. The van der Waals surface area contributed by atoms with E-state index in [9.17, 15) is 0 Å². The van der Waals surface area contributed by atoms with Gasteiger partial charge in [0.05, 0.1) is 0 Å². The summed E-state index contributed by atoms with van der Waals surface area (Å²) >= 11 is 0. The maximum atomic E-state index is 3.69. The van der Waals surface area contributed by atoms with E-state index in [2.05, 4.69) is 24.7 Å². The van der Waals surface area contributed by atoms with Crippen molar-refractivity contribution in [2.75, 3.05) is 6.54 Å². The average Bonchev–Trinajstić information content (AvgIpc) is 1.91. The Morgan fingerprint density at radius 1 is 1.50 bits per heavy atom. The molecule has 0 bridgehead atoms. The molecule has 0 aromatic heterocycles. The molecule has 0 fully saturated rings. The molecule has 0 aliphatic heterocycles. The Kier molecular flexibility index (Phi) is 6.40. The van der Waals surface area contributed by atoms with Gasteiger partial charge in [0, 0.05) is 32.7 Å². The molecule has 0 saturated heterocycles. The van der Waals surface area contributed by atoms with Crippen molar-refractivity contribution < 1.29 is 32.7 Å². The molecular weight excluding hydrogens is 199 g/mol. The van der Waals surface area contributed by atoms with E-state index in [4.69, 9.17) is 0 Å². The maximum Gasteiger partial charge on any atom is 0 e. The topological polar surface area (TPSA) is 12.0 Å². The minimum atomic E-state index is 0. The van der Waals surface area contributed by atoms with E-state index < -0.39 is 0 Å². The molecule has 1 unspecified atom stereocenters. The second-order valence-electron chi connectivity index (χ2n) is 1.94. The third-order valence-electron chi connectivity index (χ3n) is 1.24. The summed E-state index contributed by atoms with van der Waals surface area (Å²) in [6.07, 6.45) is 10.3. The normalized spacial score (nSPS) is 21.5. The Bertz CT molecular complexity index is 129. The molecule has 1 atom stereocenters. The quantitative estimate of drug-likeness (QED) is 0.673. The molecule has 1 aliphatic rings. The first-order chi connectivity index (χ1) is 4.43. The minimum absolute atomic E-state index is 0. The number of allylic oxidation sites excluding steroid dienone is 2. The van der Waals surface area contributed by atoms with Gasteiger partial charge < -0.3 is 12.2 Å². The largest absolute Gasteiger partial charge is 0.352 e. The van der Waals surface area contributed by atoms with Crippen LogP contribution in [0.25, 0.3) is 0 Å². The summed E-state index contributed by atoms with van der Waals surface area (Å²) in [5, 5.41) is 3.18. The van der Waals surface area contributed by atoms with Crippen LogP contribution in [0.3, 0.4) is 0 Å². The van der Waals surface area contributed by atoms with Gasteiger partial charge in [0.25, 0.3) is 0 Å². The predicted molar refractivity (Wildman–Crippen MR) is 39.7 cm³/mol. The van der Waals surface area contributed by atoms with Crippen LogP contribution >= 0.6 is 0 Å². The molecule has 1 radical (unpaired) electrons. The Morgan fingerprint density at radius 3 is 2.80 bits per heavy atom. The van der Waals surface area contributed by atoms with E-state index in [1.807, 2.05) is 18.2 Å². The first-order valence-electron chi connectivity index (χ1n) is 3.14. The van der Waals surface area contributed by atoms with Crippen molar-refractivity contribution in [1.82, 2.24) is 5.32 Å². The zero-order valence-corrected chi connectivity index (χ0v) is 8.79. The van der Waals surface area contributed by atoms with Crippen LogP contribution < -0.4 is 5.32 Å². The van der Waals surface area contributed by atoms with Gasteiger partial charge in [-0.2, -0.15) is 0 Å². The molecule has 0 spiro atoms. The first kappa shape index (κ1) is 10.4. The Hall–Kier alpha value is 0.414. The Morgan fingerprint density at radius 2 is 2.30 bits per heavy atom. The maximum absolute atomic E-state index is 3.69. The predicted octanol–water partition coefficient (Wildman–Crippen LogP) is 1.11. The summed E-state index contributed by atoms with van der Waals surface area (Å²) in [5.74, 6) is 0. The van der Waals surface area contributed by atoms with Crippen LogP contribution in [0.1, 0.15) is 0 Å². The van der Waals surface area contributed by atoms with Crippen molar-refractivity contribution >= 4 is 0 Å². The van der Waals surface area contributed by atoms with Crippen molar-refractivity contribution in [3.63, 3.8) is 0 Å². The molecule has 2 heteroatoms. The van der Waals surface area contributed by atoms with Crippen molar-refractivity contribution in [3.05, 3.63) is 37.6 Å². The van der Waals surface area contributed by atoms with E-state index in [-0.39, 0.29) is 32.7 Å². The van der Waals surface area contributed by atoms with Crippen LogP contribution in [0, 0.1) is 13.3 Å². The molecule has 1 nitrogen and oxygen atoms in total. The van der Waals surface area contributed by atoms with Gasteiger partial charge in [0.2, 0.25) is 0 Å². The molecule has 0 aromatic carbocycles. The van der Waals surface area contributed by atoms with Gasteiger partial charge in [-0.3, -0.25) is 0 Å². The first-order valence-corrected chi connectivity index (χ1v) is 3.14. The zero-order chi connectivity index (χ0) is 6.53. The van der Waals surface area contributed by atoms with Crippen LogP contribution in [-0.4, -0.2) is 12.6 Å². The molecule has 0 amide bonds. The number of hydrogen-bond donors (Lipinski definition) is 1. The fourth-order valence-corrected chi connectivity index (χ4v) is 0.799. The smallest absolute Gasteiger partial charge is 0 e. The minimum Gasteiger partial charge on any atom is -0.352 e. The zero-order valence-electron chi connectivity index (χ0n) is 5.96. The fraction of sp³-hybridized carbons (Fsp3) is 0.250. The summed E-state index contributed by atoms with van der Waals surface area (Å²) in [7, 11) is 0. The van der Waals surface area contributed by atoms with Gasteiger partial charge >= 0.3 is 0 Å². The number of hydrogen-bond acceptors (Lipinski definition) is 1. The van der Waals surface area contributed by atoms with Gasteiger partial charge in [-0.05, 0) is 6.04 Å². The molecule has 1 N–H and O–H groups in total. The van der Waals surface area contributed by atoms with Crippen molar-refractivity contribution in [2.24, 2.45) is 0 Å². The molecular formula is C8H11NY-2. The second-order valence-corrected chi connectivity index (χ2v) is 1.94. The molecule has 53 valence electrons. The Balaban J connectivity index is 0.000000810. The van der Waals surface area contributed by atoms with Crippen LogP contribution in [-0.2, 0) is 32.7 Å². The molecule has 0 aromatic rings. The molecule has 0 saturated carbocycles. The van der Waals surface area contributed by atoms with Gasteiger partial charge in [-0.1, -0.05) is 6.08 Å². The summed E-state index contributed by atoms with van der Waals surface area (Å²) in [4.78, 5) is 0. The summed E-state index contributed by atoms with van der Waals surface area (Å²) in [6, 6.07) is 0.396. The van der Waals surface area contributed by atoms with E-state index in [1.54, 1.807) is 0 Å². The van der Waals surface area contributed by atoms with E-state index in [1.165, 1.54) is 0 Å². The van der Waals surface area contributed by atoms with Crippen LogP contribution in [0.4, 0.5) is 0 Å². The number of rotatable bonds is 2. The molecule has 1 aliphatic carbocycles. The standard InChI is InChI=1S/C8H11N.Y/c1-2-9-8-6-4-3-5-7-8;/h3-9H,1-2H2;/q-2;. The summed E-state index contributed by atoms with van der Waals surface area (Å²) < 4.78 is 0. The van der Waals surface area contributed by atoms with E-state index in [0.717, 1.165) is 6.54 Å². The van der Waals surface area contributed by atoms with Gasteiger partial charge in [0.15, 0.2) is 0 Å². The van der Waals surface area contributed by atoms with E-state index >= 15 is 0 Å². The molecule has 0 heterocycles. The summed E-state index contributed by atoms with van der Waals surface area (Å²) in [5.41, 5.74) is 0. The van der Waals surface area contributed by atoms with Crippen LogP contribution in [0.15, 0.2) is 24.3 Å². The van der Waals surface area contributed by atoms with Gasteiger partial charge in [-0.25, -0.2) is 18.6 Å². The van der Waals surface area contributed by atoms with Crippen molar-refractivity contribution in [2.45, 2.75) is 6.04 Å².